The molecule has 0 aliphatic rings. The van der Waals surface area contributed by atoms with Crippen molar-refractivity contribution in [2.75, 3.05) is 13.7 Å². The minimum absolute atomic E-state index is 0.0656. The lowest BCUT2D eigenvalue weighted by Crippen LogP contribution is -2.47. The molecule has 7 nitrogen and oxygen atoms in total. The Morgan fingerprint density at radius 2 is 2.04 bits per heavy atom. The maximum Gasteiger partial charge on any atom is 0.328 e. The molecule has 0 fully saturated rings. The smallest absolute Gasteiger partial charge is 0.328 e. The molecule has 1 N–H and O–H groups in total. The van der Waals surface area contributed by atoms with Gasteiger partial charge in [-0.15, -0.1) is 0 Å². The van der Waals surface area contributed by atoms with Crippen molar-refractivity contribution in [1.29, 1.82) is 0 Å². The number of benzene rings is 1. The zero-order valence-electron chi connectivity index (χ0n) is 13.2. The first kappa shape index (κ1) is 16.7. The van der Waals surface area contributed by atoms with Gasteiger partial charge in [-0.3, -0.25) is 9.89 Å². The van der Waals surface area contributed by atoms with Gasteiger partial charge in [0.1, 0.15) is 18.2 Å². The molecule has 0 unspecified atom stereocenters. The van der Waals surface area contributed by atoms with Crippen LogP contribution in [0.3, 0.4) is 0 Å². The molecule has 122 valence electrons. The lowest BCUT2D eigenvalue weighted by atomic mass is 10.0. The Morgan fingerprint density at radius 1 is 1.30 bits per heavy atom. The number of nitrogens with one attached hydrogen (secondary N) is 1. The molecular weight excluding hydrogens is 296 g/mol. The summed E-state index contributed by atoms with van der Waals surface area (Å²) in [6.07, 6.45) is 1.82. The molecule has 2 aromatic rings. The number of methoxy groups -OCH3 is 1. The highest BCUT2D eigenvalue weighted by Gasteiger charge is 2.30. The molecule has 2 rings (SSSR count). The second-order valence-corrected chi connectivity index (χ2v) is 5.02. The number of hydrogen-bond donors (Lipinski definition) is 1. The predicted molar refractivity (Wildman–Crippen MR) is 83.4 cm³/mol. The SMILES string of the molecule is CCN(C(=O)Cc1ncn[nH]1)[C@H](Cc1ccccc1)C(=O)OC. The van der Waals surface area contributed by atoms with Gasteiger partial charge in [-0.25, -0.2) is 9.78 Å². The van der Waals surface area contributed by atoms with Crippen LogP contribution < -0.4 is 0 Å². The number of esters is 1. The Kier molecular flexibility index (Phi) is 5.85. The van der Waals surface area contributed by atoms with Crippen LogP contribution in [-0.2, 0) is 27.2 Å². The molecule has 0 saturated carbocycles. The van der Waals surface area contributed by atoms with Crippen LogP contribution in [0.2, 0.25) is 0 Å². The summed E-state index contributed by atoms with van der Waals surface area (Å²) < 4.78 is 4.88. The number of hydrogen-bond acceptors (Lipinski definition) is 5. The molecule has 1 aromatic heterocycles. The Bertz CT molecular complexity index is 628. The van der Waals surface area contributed by atoms with E-state index in [2.05, 4.69) is 15.2 Å². The van der Waals surface area contributed by atoms with Crippen molar-refractivity contribution in [1.82, 2.24) is 20.1 Å². The summed E-state index contributed by atoms with van der Waals surface area (Å²) in [6.45, 7) is 2.23. The highest BCUT2D eigenvalue weighted by atomic mass is 16.5. The summed E-state index contributed by atoms with van der Waals surface area (Å²) in [6, 6.07) is 8.88. The van der Waals surface area contributed by atoms with E-state index in [0.29, 0.717) is 18.8 Å². The van der Waals surface area contributed by atoms with E-state index in [-0.39, 0.29) is 12.3 Å². The molecule has 0 aliphatic heterocycles. The normalized spacial score (nSPS) is 11.7. The Labute approximate surface area is 134 Å². The second-order valence-electron chi connectivity index (χ2n) is 5.02. The van der Waals surface area contributed by atoms with Crippen LogP contribution in [0.5, 0.6) is 0 Å². The van der Waals surface area contributed by atoms with Crippen LogP contribution in [0, 0.1) is 0 Å². The summed E-state index contributed by atoms with van der Waals surface area (Å²) in [5.41, 5.74) is 0.966. The molecule has 23 heavy (non-hydrogen) atoms. The van der Waals surface area contributed by atoms with Crippen molar-refractivity contribution in [3.8, 4) is 0 Å². The van der Waals surface area contributed by atoms with E-state index in [1.165, 1.54) is 18.3 Å². The fourth-order valence-corrected chi connectivity index (χ4v) is 2.43. The van der Waals surface area contributed by atoms with Crippen molar-refractivity contribution in [3.63, 3.8) is 0 Å². The van der Waals surface area contributed by atoms with Crippen LogP contribution in [0.15, 0.2) is 36.7 Å². The average Bonchev–Trinajstić information content (AvgIpc) is 3.07. The number of carbonyl (C=O) groups excluding carboxylic acids is 2. The summed E-state index contributed by atoms with van der Waals surface area (Å²) in [5.74, 6) is -0.158. The standard InChI is InChI=1S/C16H20N4O3/c1-3-20(15(21)10-14-17-11-18-19-14)13(16(22)23-2)9-12-7-5-4-6-8-12/h4-8,11,13H,3,9-10H2,1-2H3,(H,17,18,19)/t13-/m1/s1. The summed E-state index contributed by atoms with van der Waals surface area (Å²) in [5, 5.41) is 6.38. The molecule has 7 heteroatoms. The minimum Gasteiger partial charge on any atom is -0.467 e. The van der Waals surface area contributed by atoms with Gasteiger partial charge < -0.3 is 9.64 Å². The second kappa shape index (κ2) is 8.07. The number of likely N-dealkylation sites (N-methyl/N-ethyl adjacent to an activating group) is 1. The van der Waals surface area contributed by atoms with Gasteiger partial charge in [-0.2, -0.15) is 5.10 Å². The van der Waals surface area contributed by atoms with E-state index in [1.807, 2.05) is 37.3 Å². The maximum absolute atomic E-state index is 12.5. The Hall–Kier alpha value is -2.70. The third kappa shape index (κ3) is 4.38. The molecule has 0 radical (unpaired) electrons. The quantitative estimate of drug-likeness (QED) is 0.769. The third-order valence-electron chi connectivity index (χ3n) is 3.57. The van der Waals surface area contributed by atoms with Crippen LogP contribution >= 0.6 is 0 Å². The number of aromatic amines is 1. The number of amides is 1. The Morgan fingerprint density at radius 3 is 2.61 bits per heavy atom. The number of carbonyl (C=O) groups is 2. The number of nitrogens with zero attached hydrogens (tertiary/aromatic N) is 3. The zero-order chi connectivity index (χ0) is 16.7. The van der Waals surface area contributed by atoms with Gasteiger partial charge >= 0.3 is 5.97 Å². The zero-order valence-corrected chi connectivity index (χ0v) is 13.2. The maximum atomic E-state index is 12.5. The number of H-pyrrole nitrogens is 1. The van der Waals surface area contributed by atoms with E-state index in [0.717, 1.165) is 5.56 Å². The van der Waals surface area contributed by atoms with Gasteiger partial charge in [-0.1, -0.05) is 30.3 Å². The van der Waals surface area contributed by atoms with Gasteiger partial charge in [0, 0.05) is 13.0 Å². The van der Waals surface area contributed by atoms with E-state index in [4.69, 9.17) is 4.74 Å². The lowest BCUT2D eigenvalue weighted by molar-refractivity contribution is -0.152. The number of ether oxygens (including phenoxy) is 1. The largest absolute Gasteiger partial charge is 0.467 e. The highest BCUT2D eigenvalue weighted by molar-refractivity contribution is 5.85. The number of aromatic nitrogens is 3. The topological polar surface area (TPSA) is 88.2 Å². The van der Waals surface area contributed by atoms with Crippen LogP contribution in [0.4, 0.5) is 0 Å². The summed E-state index contributed by atoms with van der Waals surface area (Å²) >= 11 is 0. The fourth-order valence-electron chi connectivity index (χ4n) is 2.43. The molecule has 1 aromatic carbocycles. The van der Waals surface area contributed by atoms with E-state index < -0.39 is 12.0 Å². The van der Waals surface area contributed by atoms with Gasteiger partial charge in [-0.05, 0) is 12.5 Å². The summed E-state index contributed by atoms with van der Waals surface area (Å²) in [7, 11) is 1.33. The molecule has 0 bridgehead atoms. The molecule has 1 heterocycles. The average molecular weight is 316 g/mol. The van der Waals surface area contributed by atoms with Crippen molar-refractivity contribution in [2.24, 2.45) is 0 Å². The van der Waals surface area contributed by atoms with Crippen molar-refractivity contribution >= 4 is 11.9 Å². The van der Waals surface area contributed by atoms with Crippen LogP contribution in [0.1, 0.15) is 18.3 Å². The molecule has 1 atom stereocenters. The van der Waals surface area contributed by atoms with Gasteiger partial charge in [0.2, 0.25) is 5.91 Å². The van der Waals surface area contributed by atoms with E-state index in [9.17, 15) is 9.59 Å². The van der Waals surface area contributed by atoms with Gasteiger partial charge in [0.05, 0.1) is 13.5 Å². The lowest BCUT2D eigenvalue weighted by Gasteiger charge is -2.28. The monoisotopic (exact) mass is 316 g/mol. The molecule has 1 amide bonds. The first-order valence-corrected chi connectivity index (χ1v) is 7.41. The van der Waals surface area contributed by atoms with Crippen molar-refractivity contribution in [3.05, 3.63) is 48.0 Å². The molecule has 0 aliphatic carbocycles. The third-order valence-corrected chi connectivity index (χ3v) is 3.57. The Balaban J connectivity index is 2.17. The molecule has 0 spiro atoms. The predicted octanol–water partition coefficient (Wildman–Crippen LogP) is 0.980. The highest BCUT2D eigenvalue weighted by Crippen LogP contribution is 2.12. The van der Waals surface area contributed by atoms with Crippen molar-refractivity contribution < 1.29 is 14.3 Å². The fraction of sp³-hybridized carbons (Fsp3) is 0.375. The number of rotatable bonds is 7. The first-order valence-electron chi connectivity index (χ1n) is 7.41. The van der Waals surface area contributed by atoms with E-state index >= 15 is 0 Å². The first-order chi connectivity index (χ1) is 11.2. The van der Waals surface area contributed by atoms with Crippen molar-refractivity contribution in [2.45, 2.75) is 25.8 Å². The minimum atomic E-state index is -0.664. The van der Waals surface area contributed by atoms with Crippen LogP contribution in [-0.4, -0.2) is 51.7 Å². The van der Waals surface area contributed by atoms with E-state index in [1.54, 1.807) is 0 Å². The summed E-state index contributed by atoms with van der Waals surface area (Å²) in [4.78, 5) is 30.2. The molecule has 0 saturated heterocycles. The van der Waals surface area contributed by atoms with Crippen LogP contribution in [0.25, 0.3) is 0 Å². The van der Waals surface area contributed by atoms with Gasteiger partial charge in [0.15, 0.2) is 0 Å². The molecular formula is C16H20N4O3. The van der Waals surface area contributed by atoms with Gasteiger partial charge in [0.25, 0.3) is 0 Å².